The van der Waals surface area contributed by atoms with Crippen LogP contribution in [0.15, 0.2) is 11.9 Å². The molecular weight excluding hydrogens is 170 g/mol. The first kappa shape index (κ1) is 11.7. The summed E-state index contributed by atoms with van der Waals surface area (Å²) in [7, 11) is 2.46. The first-order chi connectivity index (χ1) is 5.70. The topological polar surface area (TPSA) is 21.7 Å². The molecule has 0 saturated heterocycles. The Bertz CT molecular complexity index is 122. The van der Waals surface area contributed by atoms with Crippen LogP contribution in [-0.4, -0.2) is 41.5 Å². The van der Waals surface area contributed by atoms with Crippen LogP contribution in [0.2, 0.25) is 0 Å². The smallest absolute Gasteiger partial charge is 0.349 e. The molecule has 0 aromatic rings. The predicted molar refractivity (Wildman–Crippen MR) is 53.2 cm³/mol. The van der Waals surface area contributed by atoms with Crippen molar-refractivity contribution in [2.24, 2.45) is 0 Å². The third-order valence-electron chi connectivity index (χ3n) is 1.20. The molecule has 0 spiro atoms. The van der Waals surface area contributed by atoms with Gasteiger partial charge in [-0.05, 0) is 25.7 Å². The molecule has 0 aromatic heterocycles. The summed E-state index contributed by atoms with van der Waals surface area (Å²) in [5, 5.41) is 0. The lowest BCUT2D eigenvalue weighted by atomic mass is 10.9. The third kappa shape index (κ3) is 6.39. The Kier molecular flexibility index (Phi) is 7.14. The molecule has 0 N–H and O–H groups in total. The van der Waals surface area contributed by atoms with Gasteiger partial charge in [-0.15, -0.1) is 0 Å². The Morgan fingerprint density at radius 1 is 1.17 bits per heavy atom. The highest BCUT2D eigenvalue weighted by molar-refractivity contribution is 6.50. The van der Waals surface area contributed by atoms with Crippen LogP contribution < -0.4 is 0 Å². The summed E-state index contributed by atoms with van der Waals surface area (Å²) < 4.78 is 10.9. The monoisotopic (exact) mass is 189 g/mol. The van der Waals surface area contributed by atoms with E-state index >= 15 is 0 Å². The highest BCUT2D eigenvalue weighted by Crippen LogP contribution is 1.92. The standard InChI is InChI=1S/C8H19NO2Si/c1-5-10-12(11-6-2)8-7-9(3)4/h7-8,12H,5-6H2,1-4H3. The van der Waals surface area contributed by atoms with Gasteiger partial charge in [-0.25, -0.2) is 0 Å². The van der Waals surface area contributed by atoms with Gasteiger partial charge in [-0.1, -0.05) is 0 Å². The number of rotatable bonds is 6. The van der Waals surface area contributed by atoms with Crippen molar-refractivity contribution >= 4 is 9.28 Å². The van der Waals surface area contributed by atoms with E-state index < -0.39 is 9.28 Å². The largest absolute Gasteiger partial charge is 0.394 e. The molecule has 4 heteroatoms. The summed E-state index contributed by atoms with van der Waals surface area (Å²) in [6.07, 6.45) is 1.99. The van der Waals surface area contributed by atoms with Crippen LogP contribution in [0.25, 0.3) is 0 Å². The minimum Gasteiger partial charge on any atom is -0.394 e. The van der Waals surface area contributed by atoms with Crippen molar-refractivity contribution in [3.05, 3.63) is 11.9 Å². The molecule has 0 bridgehead atoms. The van der Waals surface area contributed by atoms with E-state index in [1.807, 2.05) is 44.7 Å². The fraction of sp³-hybridized carbons (Fsp3) is 0.750. The summed E-state index contributed by atoms with van der Waals surface area (Å²) in [6.45, 7) is 5.44. The molecule has 0 rings (SSSR count). The first-order valence-electron chi connectivity index (χ1n) is 4.28. The highest BCUT2D eigenvalue weighted by atomic mass is 28.3. The molecule has 72 valence electrons. The average molecular weight is 189 g/mol. The highest BCUT2D eigenvalue weighted by Gasteiger charge is 2.05. The van der Waals surface area contributed by atoms with E-state index in [4.69, 9.17) is 8.85 Å². The summed E-state index contributed by atoms with van der Waals surface area (Å²) in [5.41, 5.74) is 2.03. The molecule has 0 aliphatic heterocycles. The summed E-state index contributed by atoms with van der Waals surface area (Å²) in [5.74, 6) is 0. The summed E-state index contributed by atoms with van der Waals surface area (Å²) >= 11 is 0. The third-order valence-corrected chi connectivity index (χ3v) is 3.01. The maximum Gasteiger partial charge on any atom is 0.349 e. The predicted octanol–water partition coefficient (Wildman–Crippen LogP) is 0.894. The SMILES string of the molecule is CCO[SiH](C=CN(C)C)OCC. The van der Waals surface area contributed by atoms with Crippen molar-refractivity contribution in [1.82, 2.24) is 4.90 Å². The second-order valence-electron chi connectivity index (χ2n) is 2.58. The zero-order valence-corrected chi connectivity index (χ0v) is 9.56. The summed E-state index contributed by atoms with van der Waals surface area (Å²) in [4.78, 5) is 1.98. The normalized spacial score (nSPS) is 11.4. The van der Waals surface area contributed by atoms with Gasteiger partial charge in [0.15, 0.2) is 0 Å². The van der Waals surface area contributed by atoms with Crippen LogP contribution in [0, 0.1) is 0 Å². The second kappa shape index (κ2) is 7.33. The molecule has 0 aliphatic rings. The van der Waals surface area contributed by atoms with Crippen LogP contribution >= 0.6 is 0 Å². The zero-order chi connectivity index (χ0) is 9.40. The average Bonchev–Trinajstić information content (AvgIpc) is 2.01. The molecule has 0 heterocycles. The Morgan fingerprint density at radius 2 is 1.67 bits per heavy atom. The Balaban J connectivity index is 3.76. The van der Waals surface area contributed by atoms with Gasteiger partial charge in [0, 0.05) is 27.3 Å². The van der Waals surface area contributed by atoms with Gasteiger partial charge in [0.2, 0.25) is 0 Å². The van der Waals surface area contributed by atoms with E-state index in [1.54, 1.807) is 0 Å². The molecule has 0 saturated carbocycles. The first-order valence-corrected chi connectivity index (χ1v) is 5.89. The van der Waals surface area contributed by atoms with Gasteiger partial charge in [0.25, 0.3) is 0 Å². The molecule has 0 unspecified atom stereocenters. The van der Waals surface area contributed by atoms with Crippen molar-refractivity contribution in [2.75, 3.05) is 27.3 Å². The van der Waals surface area contributed by atoms with E-state index in [1.165, 1.54) is 0 Å². The van der Waals surface area contributed by atoms with Gasteiger partial charge in [-0.2, -0.15) is 0 Å². The molecule has 0 fully saturated rings. The van der Waals surface area contributed by atoms with E-state index in [0.717, 1.165) is 13.2 Å². The van der Waals surface area contributed by atoms with Crippen LogP contribution in [-0.2, 0) is 8.85 Å². The lowest BCUT2D eigenvalue weighted by Crippen LogP contribution is -2.21. The number of hydrogen-bond acceptors (Lipinski definition) is 3. The van der Waals surface area contributed by atoms with Crippen molar-refractivity contribution in [3.8, 4) is 0 Å². The number of nitrogens with zero attached hydrogens (tertiary/aromatic N) is 1. The van der Waals surface area contributed by atoms with Crippen molar-refractivity contribution in [2.45, 2.75) is 13.8 Å². The van der Waals surface area contributed by atoms with Crippen LogP contribution in [0.4, 0.5) is 0 Å². The van der Waals surface area contributed by atoms with E-state index in [-0.39, 0.29) is 0 Å². The van der Waals surface area contributed by atoms with E-state index in [0.29, 0.717) is 0 Å². The van der Waals surface area contributed by atoms with Crippen LogP contribution in [0.3, 0.4) is 0 Å². The molecule has 3 nitrogen and oxygen atoms in total. The van der Waals surface area contributed by atoms with Gasteiger partial charge in [0.1, 0.15) is 0 Å². The molecule has 0 amide bonds. The quantitative estimate of drug-likeness (QED) is 0.579. The van der Waals surface area contributed by atoms with Crippen molar-refractivity contribution < 1.29 is 8.85 Å². The lowest BCUT2D eigenvalue weighted by Gasteiger charge is -2.11. The maximum atomic E-state index is 5.44. The zero-order valence-electron chi connectivity index (χ0n) is 8.41. The Hall–Kier alpha value is -0.323. The van der Waals surface area contributed by atoms with Gasteiger partial charge in [0.05, 0.1) is 0 Å². The van der Waals surface area contributed by atoms with Crippen molar-refractivity contribution in [3.63, 3.8) is 0 Å². The second-order valence-corrected chi connectivity index (χ2v) is 4.37. The molecule has 0 aromatic carbocycles. The molecule has 12 heavy (non-hydrogen) atoms. The molecule has 0 atom stereocenters. The van der Waals surface area contributed by atoms with Crippen LogP contribution in [0.5, 0.6) is 0 Å². The van der Waals surface area contributed by atoms with Crippen LogP contribution in [0.1, 0.15) is 13.8 Å². The Morgan fingerprint density at radius 3 is 2.00 bits per heavy atom. The molecule has 0 radical (unpaired) electrons. The van der Waals surface area contributed by atoms with Gasteiger partial charge >= 0.3 is 9.28 Å². The fourth-order valence-electron chi connectivity index (χ4n) is 0.730. The minimum atomic E-state index is -1.51. The fourth-order valence-corrected chi connectivity index (χ4v) is 2.19. The van der Waals surface area contributed by atoms with E-state index in [9.17, 15) is 0 Å². The van der Waals surface area contributed by atoms with Gasteiger partial charge in [-0.3, -0.25) is 0 Å². The minimum absolute atomic E-state index is 0.731. The van der Waals surface area contributed by atoms with E-state index in [2.05, 4.69) is 0 Å². The Labute approximate surface area is 76.8 Å². The number of hydrogen-bond donors (Lipinski definition) is 0. The molecule has 0 aliphatic carbocycles. The maximum absolute atomic E-state index is 5.44. The summed E-state index contributed by atoms with van der Waals surface area (Å²) in [6, 6.07) is 0. The van der Waals surface area contributed by atoms with Crippen molar-refractivity contribution in [1.29, 1.82) is 0 Å². The lowest BCUT2D eigenvalue weighted by molar-refractivity contribution is 0.224. The van der Waals surface area contributed by atoms with Gasteiger partial charge < -0.3 is 13.8 Å². The molecular formula is C8H19NO2Si.